The van der Waals surface area contributed by atoms with Gasteiger partial charge in [-0.25, -0.2) is 0 Å². The van der Waals surface area contributed by atoms with Crippen molar-refractivity contribution in [3.05, 3.63) is 0 Å². The molecule has 21 heavy (non-hydrogen) atoms. The minimum atomic E-state index is 0. The van der Waals surface area contributed by atoms with Gasteiger partial charge in [-0.1, -0.05) is 6.92 Å². The second kappa shape index (κ2) is 8.27. The molecule has 122 valence electrons. The van der Waals surface area contributed by atoms with E-state index in [1.54, 1.807) is 0 Å². The first-order valence-corrected chi connectivity index (χ1v) is 9.62. The van der Waals surface area contributed by atoms with Crippen molar-refractivity contribution in [3.8, 4) is 0 Å². The SMILES string of the molecule is CSC1CCC(CNC2=NCC3CCC(C)CN23)CC1.I. The molecule has 2 heterocycles. The van der Waals surface area contributed by atoms with Gasteiger partial charge in [0.25, 0.3) is 0 Å². The van der Waals surface area contributed by atoms with E-state index >= 15 is 0 Å². The van der Waals surface area contributed by atoms with E-state index in [2.05, 4.69) is 35.2 Å². The number of guanidine groups is 1. The molecule has 0 radical (unpaired) electrons. The maximum Gasteiger partial charge on any atom is 0.194 e. The van der Waals surface area contributed by atoms with E-state index in [-0.39, 0.29) is 24.0 Å². The Morgan fingerprint density at radius 3 is 2.67 bits per heavy atom. The molecule has 1 saturated heterocycles. The van der Waals surface area contributed by atoms with Gasteiger partial charge in [-0.15, -0.1) is 24.0 Å². The molecule has 3 rings (SSSR count). The van der Waals surface area contributed by atoms with E-state index < -0.39 is 0 Å². The van der Waals surface area contributed by atoms with Crippen LogP contribution in [-0.2, 0) is 0 Å². The smallest absolute Gasteiger partial charge is 0.194 e. The van der Waals surface area contributed by atoms with Gasteiger partial charge in [-0.2, -0.15) is 11.8 Å². The molecule has 2 aliphatic heterocycles. The minimum Gasteiger partial charge on any atom is -0.356 e. The Morgan fingerprint density at radius 1 is 1.19 bits per heavy atom. The maximum absolute atomic E-state index is 4.76. The number of nitrogens with zero attached hydrogens (tertiary/aromatic N) is 2. The average molecular weight is 423 g/mol. The Labute approximate surface area is 151 Å². The Hall–Kier alpha value is 0.350. The van der Waals surface area contributed by atoms with Crippen LogP contribution in [0.3, 0.4) is 0 Å². The van der Waals surface area contributed by atoms with Crippen molar-refractivity contribution < 1.29 is 0 Å². The van der Waals surface area contributed by atoms with Gasteiger partial charge in [0, 0.05) is 18.3 Å². The molecule has 0 aromatic carbocycles. The number of aliphatic imine (C=N–C) groups is 1. The second-order valence-corrected chi connectivity index (χ2v) is 8.05. The van der Waals surface area contributed by atoms with Crippen molar-refractivity contribution in [2.24, 2.45) is 16.8 Å². The van der Waals surface area contributed by atoms with Gasteiger partial charge in [0.15, 0.2) is 5.96 Å². The van der Waals surface area contributed by atoms with Crippen LogP contribution in [0.15, 0.2) is 4.99 Å². The first-order chi connectivity index (χ1) is 9.76. The molecular formula is C16H30IN3S. The topological polar surface area (TPSA) is 27.6 Å². The van der Waals surface area contributed by atoms with E-state index in [0.717, 1.165) is 30.2 Å². The summed E-state index contributed by atoms with van der Waals surface area (Å²) in [5.41, 5.74) is 0. The van der Waals surface area contributed by atoms with Gasteiger partial charge in [0.2, 0.25) is 0 Å². The summed E-state index contributed by atoms with van der Waals surface area (Å²) in [6.45, 7) is 5.73. The predicted octanol–water partition coefficient (Wildman–Crippen LogP) is 3.59. The first kappa shape index (κ1) is 17.7. The highest BCUT2D eigenvalue weighted by Crippen LogP contribution is 2.30. The molecule has 2 atom stereocenters. The molecule has 1 N–H and O–H groups in total. The van der Waals surface area contributed by atoms with Gasteiger partial charge in [0.05, 0.1) is 12.6 Å². The molecule has 3 aliphatic rings. The minimum absolute atomic E-state index is 0. The molecule has 0 bridgehead atoms. The Balaban J connectivity index is 0.00000161. The van der Waals surface area contributed by atoms with Crippen molar-refractivity contribution >= 4 is 41.7 Å². The fraction of sp³-hybridized carbons (Fsp3) is 0.938. The molecule has 2 fully saturated rings. The normalized spacial score (nSPS) is 35.7. The van der Waals surface area contributed by atoms with Crippen LogP contribution in [0, 0.1) is 11.8 Å². The van der Waals surface area contributed by atoms with Gasteiger partial charge in [-0.3, -0.25) is 4.99 Å². The maximum atomic E-state index is 4.76. The number of fused-ring (bicyclic) bond motifs is 1. The zero-order valence-corrected chi connectivity index (χ0v) is 16.5. The third-order valence-electron chi connectivity index (χ3n) is 5.34. The molecule has 2 unspecified atom stereocenters. The third kappa shape index (κ3) is 4.43. The highest BCUT2D eigenvalue weighted by Gasteiger charge is 2.32. The van der Waals surface area contributed by atoms with Gasteiger partial charge in [-0.05, 0) is 56.6 Å². The van der Waals surface area contributed by atoms with E-state index in [1.165, 1.54) is 51.0 Å². The van der Waals surface area contributed by atoms with E-state index in [0.29, 0.717) is 6.04 Å². The second-order valence-electron chi connectivity index (χ2n) is 6.91. The number of rotatable bonds is 3. The third-order valence-corrected chi connectivity index (χ3v) is 6.48. The Kier molecular flexibility index (Phi) is 6.97. The lowest BCUT2D eigenvalue weighted by atomic mass is 9.89. The largest absolute Gasteiger partial charge is 0.356 e. The number of hydrogen-bond donors (Lipinski definition) is 1. The predicted molar refractivity (Wildman–Crippen MR) is 104 cm³/mol. The number of hydrogen-bond acceptors (Lipinski definition) is 4. The highest BCUT2D eigenvalue weighted by atomic mass is 127. The highest BCUT2D eigenvalue weighted by molar-refractivity contribution is 14.0. The lowest BCUT2D eigenvalue weighted by Gasteiger charge is -2.36. The molecule has 0 aromatic heterocycles. The van der Waals surface area contributed by atoms with Crippen molar-refractivity contribution in [1.82, 2.24) is 10.2 Å². The van der Waals surface area contributed by atoms with Crippen molar-refractivity contribution in [2.75, 3.05) is 25.9 Å². The fourth-order valence-corrected chi connectivity index (χ4v) is 4.65. The van der Waals surface area contributed by atoms with Gasteiger partial charge >= 0.3 is 0 Å². The summed E-state index contributed by atoms with van der Waals surface area (Å²) in [6.07, 6.45) is 10.6. The van der Waals surface area contributed by atoms with Crippen LogP contribution in [0.25, 0.3) is 0 Å². The summed E-state index contributed by atoms with van der Waals surface area (Å²) in [5, 5.41) is 4.59. The lowest BCUT2D eigenvalue weighted by Crippen LogP contribution is -2.49. The summed E-state index contributed by atoms with van der Waals surface area (Å²) in [4.78, 5) is 7.30. The zero-order chi connectivity index (χ0) is 13.9. The molecule has 1 aliphatic carbocycles. The van der Waals surface area contributed by atoms with E-state index in [4.69, 9.17) is 4.99 Å². The average Bonchev–Trinajstić information content (AvgIpc) is 2.88. The Bertz CT molecular complexity index is 355. The first-order valence-electron chi connectivity index (χ1n) is 8.34. The summed E-state index contributed by atoms with van der Waals surface area (Å²) < 4.78 is 0. The summed E-state index contributed by atoms with van der Waals surface area (Å²) >= 11 is 2.05. The monoisotopic (exact) mass is 423 g/mol. The molecule has 3 nitrogen and oxygen atoms in total. The fourth-order valence-electron chi connectivity index (χ4n) is 3.91. The van der Waals surface area contributed by atoms with Crippen LogP contribution in [0.4, 0.5) is 0 Å². The Morgan fingerprint density at radius 2 is 1.95 bits per heavy atom. The van der Waals surface area contributed by atoms with Gasteiger partial charge in [0.1, 0.15) is 0 Å². The molecule has 0 aromatic rings. The lowest BCUT2D eigenvalue weighted by molar-refractivity contribution is 0.209. The van der Waals surface area contributed by atoms with Crippen molar-refractivity contribution in [3.63, 3.8) is 0 Å². The molecule has 5 heteroatoms. The zero-order valence-electron chi connectivity index (χ0n) is 13.4. The number of thioether (sulfide) groups is 1. The quantitative estimate of drug-likeness (QED) is 0.704. The molecule has 0 spiro atoms. The van der Waals surface area contributed by atoms with Crippen LogP contribution in [0.1, 0.15) is 45.4 Å². The summed E-state index contributed by atoms with van der Waals surface area (Å²) in [6, 6.07) is 0.695. The van der Waals surface area contributed by atoms with E-state index in [1.807, 2.05) is 0 Å². The molecule has 1 saturated carbocycles. The van der Waals surface area contributed by atoms with Crippen molar-refractivity contribution in [1.29, 1.82) is 0 Å². The summed E-state index contributed by atoms with van der Waals surface area (Å²) in [7, 11) is 0. The van der Waals surface area contributed by atoms with Crippen LogP contribution >= 0.6 is 35.7 Å². The van der Waals surface area contributed by atoms with Crippen LogP contribution in [0.5, 0.6) is 0 Å². The molecular weight excluding hydrogens is 393 g/mol. The van der Waals surface area contributed by atoms with Gasteiger partial charge < -0.3 is 10.2 Å². The standard InChI is InChI=1S/C16H29N3S.HI/c1-12-3-6-14-10-18-16(19(14)11-12)17-9-13-4-7-15(20-2)8-5-13;/h12-15H,3-11H2,1-2H3,(H,17,18);1H. The van der Waals surface area contributed by atoms with E-state index in [9.17, 15) is 0 Å². The van der Waals surface area contributed by atoms with Crippen molar-refractivity contribution in [2.45, 2.75) is 56.7 Å². The molecule has 0 amide bonds. The number of piperidine rings is 1. The summed E-state index contributed by atoms with van der Waals surface area (Å²) in [5.74, 6) is 2.89. The number of nitrogens with one attached hydrogen (secondary N) is 1. The van der Waals surface area contributed by atoms with Crippen LogP contribution in [-0.4, -0.2) is 48.0 Å². The number of halogens is 1. The van der Waals surface area contributed by atoms with Crippen LogP contribution in [0.2, 0.25) is 0 Å². The van der Waals surface area contributed by atoms with Crippen LogP contribution < -0.4 is 5.32 Å².